The Kier molecular flexibility index (Phi) is 6.51. The van der Waals surface area contributed by atoms with E-state index in [1.165, 1.54) is 27.4 Å². The van der Waals surface area contributed by atoms with Gasteiger partial charge < -0.3 is 5.32 Å². The van der Waals surface area contributed by atoms with Gasteiger partial charge in [-0.1, -0.05) is 35.6 Å². The number of nitrogens with zero attached hydrogens (tertiary/aromatic N) is 3. The number of aryl methyl sites for hydroxylation is 2. The first kappa shape index (κ1) is 20.2. The summed E-state index contributed by atoms with van der Waals surface area (Å²) in [5.74, 6) is -0.0135. The highest BCUT2D eigenvalue weighted by Gasteiger charge is 2.26. The molecule has 1 aromatic heterocycles. The smallest absolute Gasteiger partial charge is 0.243 e. The molecule has 1 amide bonds. The largest absolute Gasteiger partial charge is 0.325 e. The van der Waals surface area contributed by atoms with Crippen LogP contribution < -0.4 is 5.32 Å². The van der Waals surface area contributed by atoms with Crippen molar-refractivity contribution in [3.8, 4) is 0 Å². The molecule has 1 fully saturated rings. The van der Waals surface area contributed by atoms with Crippen molar-refractivity contribution < 1.29 is 13.2 Å². The number of carbonyl (C=O) groups is 1. The highest BCUT2D eigenvalue weighted by Crippen LogP contribution is 2.26. The number of thioether (sulfide) groups is 1. The first-order valence-corrected chi connectivity index (χ1v) is 11.9. The Morgan fingerprint density at radius 1 is 1.22 bits per heavy atom. The van der Waals surface area contributed by atoms with Gasteiger partial charge in [0.05, 0.1) is 10.6 Å². The summed E-state index contributed by atoms with van der Waals surface area (Å²) >= 11 is 2.75. The molecule has 0 radical (unpaired) electrons. The summed E-state index contributed by atoms with van der Waals surface area (Å²) in [6, 6.07) is 4.89. The summed E-state index contributed by atoms with van der Waals surface area (Å²) in [5, 5.41) is 11.6. The van der Waals surface area contributed by atoms with E-state index in [0.29, 0.717) is 18.8 Å². The molecular weight excluding hydrogens is 404 g/mol. The monoisotopic (exact) mass is 426 g/mol. The van der Waals surface area contributed by atoms with Crippen LogP contribution >= 0.6 is 23.1 Å². The number of rotatable bonds is 6. The molecule has 1 aliphatic heterocycles. The lowest BCUT2D eigenvalue weighted by atomic mass is 10.2. The van der Waals surface area contributed by atoms with Gasteiger partial charge in [0.25, 0.3) is 0 Å². The number of sulfonamides is 1. The van der Waals surface area contributed by atoms with Crippen molar-refractivity contribution >= 4 is 44.7 Å². The van der Waals surface area contributed by atoms with E-state index < -0.39 is 10.0 Å². The van der Waals surface area contributed by atoms with Crippen LogP contribution in [0.5, 0.6) is 0 Å². The molecule has 10 heteroatoms. The molecule has 1 aromatic carbocycles. The third kappa shape index (κ3) is 5.07. The van der Waals surface area contributed by atoms with Gasteiger partial charge in [-0.3, -0.25) is 4.79 Å². The van der Waals surface area contributed by atoms with Crippen molar-refractivity contribution in [2.45, 2.75) is 42.3 Å². The third-order valence-electron chi connectivity index (χ3n) is 4.27. The Morgan fingerprint density at radius 3 is 2.63 bits per heavy atom. The molecule has 3 rings (SSSR count). The maximum atomic E-state index is 12.8. The predicted octanol–water partition coefficient (Wildman–Crippen LogP) is 3.06. The maximum Gasteiger partial charge on any atom is 0.243 e. The van der Waals surface area contributed by atoms with Gasteiger partial charge in [0, 0.05) is 18.8 Å². The second-order valence-electron chi connectivity index (χ2n) is 6.37. The lowest BCUT2D eigenvalue weighted by Crippen LogP contribution is -2.35. The van der Waals surface area contributed by atoms with Gasteiger partial charge in [-0.05, 0) is 44.4 Å². The lowest BCUT2D eigenvalue weighted by molar-refractivity contribution is -0.113. The van der Waals surface area contributed by atoms with E-state index in [-0.39, 0.29) is 16.6 Å². The number of hydrogen-bond donors (Lipinski definition) is 1. The molecule has 0 unspecified atom stereocenters. The Morgan fingerprint density at radius 2 is 1.96 bits per heavy atom. The van der Waals surface area contributed by atoms with Crippen LogP contribution in [0.1, 0.15) is 29.8 Å². The molecule has 0 spiro atoms. The standard InChI is InChI=1S/C17H22N4O3S3/c1-12-6-7-14(27(23,24)21-8-4-3-5-9-21)10-15(12)18-16(22)11-25-17-20-19-13(2)26-17/h6-7,10H,3-5,8-9,11H2,1-2H3,(H,18,22). The highest BCUT2D eigenvalue weighted by molar-refractivity contribution is 8.01. The summed E-state index contributed by atoms with van der Waals surface area (Å²) in [7, 11) is -3.53. The molecule has 2 aromatic rings. The molecule has 1 N–H and O–H groups in total. The fourth-order valence-corrected chi connectivity index (χ4v) is 5.96. The van der Waals surface area contributed by atoms with Crippen LogP contribution in [0, 0.1) is 13.8 Å². The fraction of sp³-hybridized carbons (Fsp3) is 0.471. The zero-order valence-electron chi connectivity index (χ0n) is 15.3. The molecule has 0 saturated carbocycles. The number of carbonyl (C=O) groups excluding carboxylic acids is 1. The zero-order chi connectivity index (χ0) is 19.4. The number of aromatic nitrogens is 2. The Hall–Kier alpha value is -1.49. The average molecular weight is 427 g/mol. The second kappa shape index (κ2) is 8.68. The van der Waals surface area contributed by atoms with Gasteiger partial charge in [0.15, 0.2) is 4.34 Å². The van der Waals surface area contributed by atoms with Gasteiger partial charge in [-0.25, -0.2) is 8.42 Å². The predicted molar refractivity (Wildman–Crippen MR) is 108 cm³/mol. The van der Waals surface area contributed by atoms with Gasteiger partial charge in [-0.2, -0.15) is 4.31 Å². The average Bonchev–Trinajstić information content (AvgIpc) is 3.08. The third-order valence-corrected chi connectivity index (χ3v) is 8.14. The van der Waals surface area contributed by atoms with Crippen LogP contribution in [0.3, 0.4) is 0 Å². The van der Waals surface area contributed by atoms with Crippen molar-refractivity contribution in [2.75, 3.05) is 24.2 Å². The summed E-state index contributed by atoms with van der Waals surface area (Å²) in [6.07, 6.45) is 2.83. The summed E-state index contributed by atoms with van der Waals surface area (Å²) in [5.41, 5.74) is 1.34. The number of anilines is 1. The van der Waals surface area contributed by atoms with E-state index in [4.69, 9.17) is 0 Å². The number of nitrogens with one attached hydrogen (secondary N) is 1. The topological polar surface area (TPSA) is 92.3 Å². The molecule has 0 aliphatic carbocycles. The van der Waals surface area contributed by atoms with E-state index >= 15 is 0 Å². The number of benzene rings is 1. The minimum atomic E-state index is -3.53. The number of piperidine rings is 1. The molecule has 27 heavy (non-hydrogen) atoms. The SMILES string of the molecule is Cc1nnc(SCC(=O)Nc2cc(S(=O)(=O)N3CCCCC3)ccc2C)s1. The molecule has 7 nitrogen and oxygen atoms in total. The minimum Gasteiger partial charge on any atom is -0.325 e. The van der Waals surface area contributed by atoms with Crippen molar-refractivity contribution in [2.24, 2.45) is 0 Å². The van der Waals surface area contributed by atoms with Gasteiger partial charge >= 0.3 is 0 Å². The van der Waals surface area contributed by atoms with Crippen LogP contribution in [0.25, 0.3) is 0 Å². The summed E-state index contributed by atoms with van der Waals surface area (Å²) < 4.78 is 28.0. The fourth-order valence-electron chi connectivity index (χ4n) is 2.80. The van der Waals surface area contributed by atoms with Crippen molar-refractivity contribution in [1.82, 2.24) is 14.5 Å². The van der Waals surface area contributed by atoms with Crippen LogP contribution in [0.2, 0.25) is 0 Å². The van der Waals surface area contributed by atoms with E-state index in [0.717, 1.165) is 34.2 Å². The lowest BCUT2D eigenvalue weighted by Gasteiger charge is -2.26. The molecular formula is C17H22N4O3S3. The normalized spacial score (nSPS) is 15.6. The number of hydrogen-bond acceptors (Lipinski definition) is 7. The molecule has 146 valence electrons. The van der Waals surface area contributed by atoms with Crippen LogP contribution in [0.4, 0.5) is 5.69 Å². The Bertz CT molecular complexity index is 921. The molecule has 2 heterocycles. The summed E-state index contributed by atoms with van der Waals surface area (Å²) in [4.78, 5) is 12.5. The van der Waals surface area contributed by atoms with Gasteiger partial charge in [0.2, 0.25) is 15.9 Å². The van der Waals surface area contributed by atoms with Crippen LogP contribution in [-0.4, -0.2) is 47.7 Å². The molecule has 0 atom stereocenters. The van der Waals surface area contributed by atoms with E-state index in [1.54, 1.807) is 18.2 Å². The van der Waals surface area contributed by atoms with E-state index in [9.17, 15) is 13.2 Å². The van der Waals surface area contributed by atoms with E-state index in [1.807, 2.05) is 13.8 Å². The minimum absolute atomic E-state index is 0.192. The van der Waals surface area contributed by atoms with Gasteiger partial charge in [0.1, 0.15) is 5.01 Å². The first-order chi connectivity index (χ1) is 12.9. The highest BCUT2D eigenvalue weighted by atomic mass is 32.2. The van der Waals surface area contributed by atoms with Gasteiger partial charge in [-0.15, -0.1) is 10.2 Å². The molecule has 0 bridgehead atoms. The number of amides is 1. The first-order valence-electron chi connectivity index (χ1n) is 8.70. The molecule has 1 saturated heterocycles. The quantitative estimate of drug-likeness (QED) is 0.714. The maximum absolute atomic E-state index is 12.8. The van der Waals surface area contributed by atoms with Crippen molar-refractivity contribution in [3.63, 3.8) is 0 Å². The van der Waals surface area contributed by atoms with E-state index in [2.05, 4.69) is 15.5 Å². The van der Waals surface area contributed by atoms with Crippen molar-refractivity contribution in [1.29, 1.82) is 0 Å². The zero-order valence-corrected chi connectivity index (χ0v) is 17.7. The second-order valence-corrected chi connectivity index (χ2v) is 10.7. The van der Waals surface area contributed by atoms with Crippen LogP contribution in [0.15, 0.2) is 27.4 Å². The summed E-state index contributed by atoms with van der Waals surface area (Å²) in [6.45, 7) is 4.80. The molecule has 1 aliphatic rings. The Labute approximate surface area is 167 Å². The Balaban J connectivity index is 1.70. The van der Waals surface area contributed by atoms with Crippen LogP contribution in [-0.2, 0) is 14.8 Å². The van der Waals surface area contributed by atoms with Crippen molar-refractivity contribution in [3.05, 3.63) is 28.8 Å².